The molecule has 1 heterocycles. The molecule has 0 saturated carbocycles. The lowest BCUT2D eigenvalue weighted by Crippen LogP contribution is -2.32. The second-order valence-electron chi connectivity index (χ2n) is 6.91. The van der Waals surface area contributed by atoms with E-state index in [-0.39, 0.29) is 29.5 Å². The molecular weight excluding hydrogens is 443 g/mol. The zero-order chi connectivity index (χ0) is 21.7. The average Bonchev–Trinajstić information content (AvgIpc) is 3.15. The number of aromatic nitrogens is 1. The molecule has 0 N–H and O–H groups in total. The van der Waals surface area contributed by atoms with Crippen LogP contribution in [0.2, 0.25) is 0 Å². The number of non-ortho nitro benzene ring substituents is 1. The van der Waals surface area contributed by atoms with Crippen molar-refractivity contribution < 1.29 is 14.1 Å². The highest BCUT2D eigenvalue weighted by molar-refractivity contribution is 7.22. The van der Waals surface area contributed by atoms with Crippen molar-refractivity contribution in [3.63, 3.8) is 0 Å². The Balaban J connectivity index is 0.00000341. The number of nitro groups is 1. The van der Waals surface area contributed by atoms with Crippen molar-refractivity contribution in [1.29, 1.82) is 0 Å². The quantitative estimate of drug-likeness (QED) is 0.273. The first-order chi connectivity index (χ1) is 14.3. The van der Waals surface area contributed by atoms with E-state index in [1.807, 2.05) is 19.0 Å². The van der Waals surface area contributed by atoms with Crippen molar-refractivity contribution in [3.8, 4) is 0 Å². The second kappa shape index (κ2) is 10.9. The number of nitro benzene ring substituents is 1. The fourth-order valence-electron chi connectivity index (χ4n) is 2.83. The topological polar surface area (TPSA) is 79.6 Å². The van der Waals surface area contributed by atoms with Gasteiger partial charge in [0.25, 0.3) is 11.6 Å². The molecule has 0 aliphatic rings. The summed E-state index contributed by atoms with van der Waals surface area (Å²) in [5.74, 6) is -0.705. The number of nitrogens with zero attached hydrogens (tertiary/aromatic N) is 4. The lowest BCUT2D eigenvalue weighted by Gasteiger charge is -2.19. The number of carbonyl (C=O) groups excluding carboxylic acids is 1. The first kappa shape index (κ1) is 24.4. The van der Waals surface area contributed by atoms with Crippen LogP contribution in [0.25, 0.3) is 16.3 Å². The SMILES string of the molecule is CN(C)CCCN(C(=O)/C=C\c1ccc([N+](=O)[O-])cc1)c1nc2c(F)cccc2s1.Cl. The van der Waals surface area contributed by atoms with E-state index in [0.29, 0.717) is 21.9 Å². The first-order valence-corrected chi connectivity index (χ1v) is 10.1. The van der Waals surface area contributed by atoms with Crippen LogP contribution in [-0.2, 0) is 4.79 Å². The molecule has 1 amide bonds. The summed E-state index contributed by atoms with van der Waals surface area (Å²) in [6, 6.07) is 10.7. The van der Waals surface area contributed by atoms with Crippen molar-refractivity contribution in [1.82, 2.24) is 9.88 Å². The van der Waals surface area contributed by atoms with Crippen LogP contribution in [0.3, 0.4) is 0 Å². The number of hydrogen-bond donors (Lipinski definition) is 0. The van der Waals surface area contributed by atoms with Crippen molar-refractivity contribution in [2.24, 2.45) is 0 Å². The van der Waals surface area contributed by atoms with Crippen LogP contribution in [0.5, 0.6) is 0 Å². The van der Waals surface area contributed by atoms with Crippen LogP contribution >= 0.6 is 23.7 Å². The molecule has 10 heteroatoms. The van der Waals surface area contributed by atoms with Gasteiger partial charge >= 0.3 is 0 Å². The maximum absolute atomic E-state index is 14.1. The minimum absolute atomic E-state index is 0. The summed E-state index contributed by atoms with van der Waals surface area (Å²) >= 11 is 1.27. The molecule has 0 fully saturated rings. The number of rotatable bonds is 8. The lowest BCUT2D eigenvalue weighted by molar-refractivity contribution is -0.384. The van der Waals surface area contributed by atoms with Crippen LogP contribution in [-0.4, -0.2) is 47.9 Å². The minimum atomic E-state index is -0.475. The number of thiazole rings is 1. The third-order valence-corrected chi connectivity index (χ3v) is 5.41. The summed E-state index contributed by atoms with van der Waals surface area (Å²) in [6.45, 7) is 1.22. The Morgan fingerprint density at radius 1 is 1.19 bits per heavy atom. The van der Waals surface area contributed by atoms with E-state index < -0.39 is 10.7 Å². The van der Waals surface area contributed by atoms with Gasteiger partial charge in [0.15, 0.2) is 5.13 Å². The first-order valence-electron chi connectivity index (χ1n) is 9.29. The Morgan fingerprint density at radius 3 is 2.52 bits per heavy atom. The number of benzene rings is 2. The van der Waals surface area contributed by atoms with E-state index in [9.17, 15) is 19.3 Å². The predicted octanol–water partition coefficient (Wildman–Crippen LogP) is 4.76. The maximum atomic E-state index is 14.1. The number of para-hydroxylation sites is 1. The molecule has 7 nitrogen and oxygen atoms in total. The average molecular weight is 465 g/mol. The predicted molar refractivity (Wildman–Crippen MR) is 124 cm³/mol. The Morgan fingerprint density at radius 2 is 1.90 bits per heavy atom. The molecule has 164 valence electrons. The normalized spacial score (nSPS) is 11.1. The number of halogens is 2. The second-order valence-corrected chi connectivity index (χ2v) is 7.92. The van der Waals surface area contributed by atoms with Gasteiger partial charge in [0.2, 0.25) is 0 Å². The Hall–Kier alpha value is -2.88. The number of carbonyl (C=O) groups is 1. The molecule has 1 aromatic heterocycles. The molecule has 0 aliphatic carbocycles. The van der Waals surface area contributed by atoms with Gasteiger partial charge in [0.05, 0.1) is 9.62 Å². The van der Waals surface area contributed by atoms with E-state index >= 15 is 0 Å². The number of hydrogen-bond acceptors (Lipinski definition) is 6. The molecule has 3 aromatic rings. The van der Waals surface area contributed by atoms with Crippen molar-refractivity contribution >= 4 is 56.8 Å². The van der Waals surface area contributed by atoms with Crippen LogP contribution < -0.4 is 4.90 Å². The monoisotopic (exact) mass is 464 g/mol. The van der Waals surface area contributed by atoms with E-state index in [1.54, 1.807) is 30.3 Å². The summed E-state index contributed by atoms with van der Waals surface area (Å²) < 4.78 is 14.7. The van der Waals surface area contributed by atoms with Crippen LogP contribution in [0.1, 0.15) is 12.0 Å². The Labute approximate surface area is 189 Å². The molecule has 0 saturated heterocycles. The van der Waals surface area contributed by atoms with Gasteiger partial charge in [0.1, 0.15) is 11.3 Å². The molecule has 3 rings (SSSR count). The molecular formula is C21H22ClFN4O3S. The number of fused-ring (bicyclic) bond motifs is 1. The van der Waals surface area contributed by atoms with E-state index in [1.165, 1.54) is 40.5 Å². The van der Waals surface area contributed by atoms with Gasteiger partial charge in [-0.15, -0.1) is 12.4 Å². The molecule has 0 bridgehead atoms. The highest BCUT2D eigenvalue weighted by Gasteiger charge is 2.19. The summed E-state index contributed by atoms with van der Waals surface area (Å²) in [6.07, 6.45) is 3.72. The van der Waals surface area contributed by atoms with Crippen molar-refractivity contribution in [2.75, 3.05) is 32.1 Å². The summed E-state index contributed by atoms with van der Waals surface area (Å²) in [5.41, 5.74) is 0.903. The van der Waals surface area contributed by atoms with Crippen LogP contribution in [0, 0.1) is 15.9 Å². The van der Waals surface area contributed by atoms with Crippen LogP contribution in [0.4, 0.5) is 15.2 Å². The van der Waals surface area contributed by atoms with Gasteiger partial charge in [-0.05, 0) is 63.0 Å². The zero-order valence-electron chi connectivity index (χ0n) is 17.0. The lowest BCUT2D eigenvalue weighted by atomic mass is 10.2. The zero-order valence-corrected chi connectivity index (χ0v) is 18.7. The molecule has 0 radical (unpaired) electrons. The highest BCUT2D eigenvalue weighted by Crippen LogP contribution is 2.30. The summed E-state index contributed by atoms with van der Waals surface area (Å²) in [4.78, 5) is 31.1. The van der Waals surface area contributed by atoms with Crippen LogP contribution in [0.15, 0.2) is 48.5 Å². The minimum Gasteiger partial charge on any atom is -0.309 e. The number of anilines is 1. The molecule has 0 aliphatic heterocycles. The maximum Gasteiger partial charge on any atom is 0.269 e. The van der Waals surface area contributed by atoms with Crippen molar-refractivity contribution in [2.45, 2.75) is 6.42 Å². The molecule has 0 spiro atoms. The van der Waals surface area contributed by atoms with Gasteiger partial charge in [0, 0.05) is 24.8 Å². The molecule has 0 unspecified atom stereocenters. The standard InChI is InChI=1S/C21H21FN4O3S.ClH/c1-24(2)13-4-14-25(21-23-20-17(22)5-3-6-18(20)30-21)19(27)12-9-15-7-10-16(11-8-15)26(28)29;/h3,5-12H,4,13-14H2,1-2H3;1H/b12-9-;. The molecule has 2 aromatic carbocycles. The highest BCUT2D eigenvalue weighted by atomic mass is 35.5. The van der Waals surface area contributed by atoms with Crippen molar-refractivity contribution in [3.05, 3.63) is 70.0 Å². The van der Waals surface area contributed by atoms with E-state index in [2.05, 4.69) is 4.98 Å². The van der Waals surface area contributed by atoms with Gasteiger partial charge in [-0.2, -0.15) is 0 Å². The van der Waals surface area contributed by atoms with E-state index in [0.717, 1.165) is 13.0 Å². The summed E-state index contributed by atoms with van der Waals surface area (Å²) in [7, 11) is 3.90. The van der Waals surface area contributed by atoms with Gasteiger partial charge in [-0.3, -0.25) is 19.8 Å². The van der Waals surface area contributed by atoms with E-state index in [4.69, 9.17) is 0 Å². The molecule has 31 heavy (non-hydrogen) atoms. The smallest absolute Gasteiger partial charge is 0.269 e. The fourth-order valence-corrected chi connectivity index (χ4v) is 3.84. The third-order valence-electron chi connectivity index (χ3n) is 4.36. The fraction of sp³-hybridized carbons (Fsp3) is 0.238. The third kappa shape index (κ3) is 6.30. The Bertz CT molecular complexity index is 1090. The van der Waals surface area contributed by atoms with Gasteiger partial charge in [-0.25, -0.2) is 9.37 Å². The summed E-state index contributed by atoms with van der Waals surface area (Å²) in [5, 5.41) is 11.2. The largest absolute Gasteiger partial charge is 0.309 e. The van der Waals surface area contributed by atoms with Gasteiger partial charge < -0.3 is 4.90 Å². The number of amides is 1. The van der Waals surface area contributed by atoms with Gasteiger partial charge in [-0.1, -0.05) is 17.4 Å². The molecule has 0 atom stereocenters. The Kier molecular flexibility index (Phi) is 8.61.